The highest BCUT2D eigenvalue weighted by Gasteiger charge is 2.12. The van der Waals surface area contributed by atoms with Crippen molar-refractivity contribution < 1.29 is 0 Å². The minimum atomic E-state index is 0.737. The van der Waals surface area contributed by atoms with Crippen molar-refractivity contribution in [3.63, 3.8) is 0 Å². The van der Waals surface area contributed by atoms with Gasteiger partial charge in [0.25, 0.3) is 0 Å². The van der Waals surface area contributed by atoms with Crippen LogP contribution in [0.1, 0.15) is 37.3 Å². The summed E-state index contributed by atoms with van der Waals surface area (Å²) in [6.45, 7) is 4.24. The lowest BCUT2D eigenvalue weighted by molar-refractivity contribution is 0.591. The Morgan fingerprint density at radius 1 is 0.864 bits per heavy atom. The Labute approximate surface area is 134 Å². The number of allylic oxidation sites excluding steroid dienone is 4. The van der Waals surface area contributed by atoms with Crippen LogP contribution in [0.25, 0.3) is 16.7 Å². The summed E-state index contributed by atoms with van der Waals surface area (Å²) in [6, 6.07) is 17.8. The van der Waals surface area contributed by atoms with Gasteiger partial charge in [-0.15, -0.1) is 0 Å². The van der Waals surface area contributed by atoms with Gasteiger partial charge < -0.3 is 0 Å². The van der Waals surface area contributed by atoms with Crippen molar-refractivity contribution in [1.29, 1.82) is 0 Å². The van der Waals surface area contributed by atoms with Crippen molar-refractivity contribution >= 4 is 5.57 Å². The summed E-state index contributed by atoms with van der Waals surface area (Å²) < 4.78 is 0. The Balaban J connectivity index is 1.76. The SMILES string of the molecule is C/C=C/C1CC=C(c2ccc(-c3ccc(C)cc3)cc2)CC1. The van der Waals surface area contributed by atoms with Crippen molar-refractivity contribution in [2.75, 3.05) is 0 Å². The standard InChI is InChI=1S/C22H24/c1-3-4-18-7-11-20(12-8-18)22-15-13-21(14-16-22)19-9-5-17(2)6-10-19/h3-6,9-11,13-16,18H,7-8,12H2,1-2H3/b4-3+. The van der Waals surface area contributed by atoms with E-state index < -0.39 is 0 Å². The van der Waals surface area contributed by atoms with Crippen LogP contribution < -0.4 is 0 Å². The van der Waals surface area contributed by atoms with Crippen LogP contribution in [-0.2, 0) is 0 Å². The second kappa shape index (κ2) is 6.79. The first-order chi connectivity index (χ1) is 10.8. The van der Waals surface area contributed by atoms with Crippen LogP contribution in [0.2, 0.25) is 0 Å². The predicted octanol–water partition coefficient (Wildman–Crippen LogP) is 6.42. The molecule has 1 unspecified atom stereocenters. The molecule has 0 fully saturated rings. The van der Waals surface area contributed by atoms with Gasteiger partial charge in [0.15, 0.2) is 0 Å². The molecule has 0 N–H and O–H groups in total. The van der Waals surface area contributed by atoms with Crippen LogP contribution in [0.4, 0.5) is 0 Å². The summed E-state index contributed by atoms with van der Waals surface area (Å²) in [5.74, 6) is 0.737. The van der Waals surface area contributed by atoms with E-state index in [0.717, 1.165) is 5.92 Å². The molecular weight excluding hydrogens is 264 g/mol. The Morgan fingerprint density at radius 2 is 1.45 bits per heavy atom. The summed E-state index contributed by atoms with van der Waals surface area (Å²) in [7, 11) is 0. The van der Waals surface area contributed by atoms with Gasteiger partial charge in [-0.25, -0.2) is 0 Å². The molecule has 2 aromatic carbocycles. The van der Waals surface area contributed by atoms with Gasteiger partial charge in [0.2, 0.25) is 0 Å². The van der Waals surface area contributed by atoms with Crippen molar-refractivity contribution in [3.8, 4) is 11.1 Å². The Bertz CT molecular complexity index is 669. The molecule has 2 aromatic rings. The molecule has 0 aliphatic heterocycles. The van der Waals surface area contributed by atoms with E-state index in [2.05, 4.69) is 80.6 Å². The zero-order valence-electron chi connectivity index (χ0n) is 13.5. The molecule has 3 rings (SSSR count). The van der Waals surface area contributed by atoms with E-state index in [1.807, 2.05) is 0 Å². The Morgan fingerprint density at radius 3 is 2.00 bits per heavy atom. The minimum Gasteiger partial charge on any atom is -0.0914 e. The van der Waals surface area contributed by atoms with Crippen LogP contribution in [0, 0.1) is 12.8 Å². The highest BCUT2D eigenvalue weighted by Crippen LogP contribution is 2.32. The second-order valence-corrected chi connectivity index (χ2v) is 6.23. The summed E-state index contributed by atoms with van der Waals surface area (Å²) in [4.78, 5) is 0. The first-order valence-corrected chi connectivity index (χ1v) is 8.25. The quantitative estimate of drug-likeness (QED) is 0.571. The van der Waals surface area contributed by atoms with E-state index in [0.29, 0.717) is 0 Å². The van der Waals surface area contributed by atoms with Crippen molar-refractivity contribution in [3.05, 3.63) is 77.9 Å². The molecule has 1 aliphatic rings. The van der Waals surface area contributed by atoms with E-state index in [-0.39, 0.29) is 0 Å². The summed E-state index contributed by atoms with van der Waals surface area (Å²) in [5.41, 5.74) is 6.80. The lowest BCUT2D eigenvalue weighted by Crippen LogP contribution is -2.02. The average Bonchev–Trinajstić information content (AvgIpc) is 2.57. The fourth-order valence-corrected chi connectivity index (χ4v) is 3.19. The van der Waals surface area contributed by atoms with Gasteiger partial charge in [0.1, 0.15) is 0 Å². The molecule has 0 bridgehead atoms. The number of benzene rings is 2. The van der Waals surface area contributed by atoms with E-state index in [1.165, 1.54) is 47.1 Å². The molecule has 0 aromatic heterocycles. The van der Waals surface area contributed by atoms with Gasteiger partial charge >= 0.3 is 0 Å². The van der Waals surface area contributed by atoms with E-state index in [1.54, 1.807) is 0 Å². The molecule has 1 atom stereocenters. The monoisotopic (exact) mass is 288 g/mol. The number of aryl methyl sites for hydroxylation is 1. The highest BCUT2D eigenvalue weighted by atomic mass is 14.2. The molecule has 0 spiro atoms. The molecule has 0 nitrogen and oxygen atoms in total. The summed E-state index contributed by atoms with van der Waals surface area (Å²) in [5, 5.41) is 0. The lowest BCUT2D eigenvalue weighted by Gasteiger charge is -2.19. The maximum absolute atomic E-state index is 2.43. The second-order valence-electron chi connectivity index (χ2n) is 6.23. The van der Waals surface area contributed by atoms with Gasteiger partial charge in [0, 0.05) is 0 Å². The third-order valence-electron chi connectivity index (χ3n) is 4.56. The topological polar surface area (TPSA) is 0 Å². The molecule has 0 radical (unpaired) electrons. The maximum Gasteiger partial charge on any atom is -0.0184 e. The van der Waals surface area contributed by atoms with Gasteiger partial charge in [-0.3, -0.25) is 0 Å². The van der Waals surface area contributed by atoms with Crippen molar-refractivity contribution in [2.24, 2.45) is 5.92 Å². The van der Waals surface area contributed by atoms with Crippen LogP contribution in [0.3, 0.4) is 0 Å². The van der Waals surface area contributed by atoms with E-state index >= 15 is 0 Å². The third-order valence-corrected chi connectivity index (χ3v) is 4.56. The Hall–Kier alpha value is -2.08. The van der Waals surface area contributed by atoms with Crippen LogP contribution >= 0.6 is 0 Å². The van der Waals surface area contributed by atoms with Gasteiger partial charge in [-0.1, -0.05) is 72.3 Å². The molecule has 112 valence electrons. The van der Waals surface area contributed by atoms with Gasteiger partial charge in [-0.05, 0) is 61.3 Å². The minimum absolute atomic E-state index is 0.737. The molecule has 0 saturated heterocycles. The molecule has 0 amide bonds. The normalized spacial score (nSPS) is 18.5. The summed E-state index contributed by atoms with van der Waals surface area (Å²) >= 11 is 0. The third kappa shape index (κ3) is 3.39. The zero-order chi connectivity index (χ0) is 15.4. The van der Waals surface area contributed by atoms with Crippen LogP contribution in [0.15, 0.2) is 66.8 Å². The van der Waals surface area contributed by atoms with Gasteiger partial charge in [-0.2, -0.15) is 0 Å². The van der Waals surface area contributed by atoms with Crippen LogP contribution in [-0.4, -0.2) is 0 Å². The fourth-order valence-electron chi connectivity index (χ4n) is 3.19. The summed E-state index contributed by atoms with van der Waals surface area (Å²) in [6.07, 6.45) is 10.6. The maximum atomic E-state index is 2.43. The molecule has 0 heterocycles. The zero-order valence-corrected chi connectivity index (χ0v) is 13.5. The number of hydrogen-bond donors (Lipinski definition) is 0. The molecule has 0 saturated carbocycles. The number of hydrogen-bond acceptors (Lipinski definition) is 0. The number of rotatable bonds is 3. The van der Waals surface area contributed by atoms with Crippen LogP contribution in [0.5, 0.6) is 0 Å². The highest BCUT2D eigenvalue weighted by molar-refractivity contribution is 5.71. The van der Waals surface area contributed by atoms with Crippen molar-refractivity contribution in [1.82, 2.24) is 0 Å². The first-order valence-electron chi connectivity index (χ1n) is 8.25. The largest absolute Gasteiger partial charge is 0.0914 e. The smallest absolute Gasteiger partial charge is 0.0184 e. The molecule has 1 aliphatic carbocycles. The van der Waals surface area contributed by atoms with Gasteiger partial charge in [0.05, 0.1) is 0 Å². The van der Waals surface area contributed by atoms with Crippen molar-refractivity contribution in [2.45, 2.75) is 33.1 Å². The predicted molar refractivity (Wildman–Crippen MR) is 96.7 cm³/mol. The fraction of sp³-hybridized carbons (Fsp3) is 0.273. The Kier molecular flexibility index (Phi) is 4.58. The molecule has 0 heteroatoms. The molecular formula is C22H24. The first kappa shape index (κ1) is 14.8. The van der Waals surface area contributed by atoms with E-state index in [9.17, 15) is 0 Å². The molecule has 22 heavy (non-hydrogen) atoms. The lowest BCUT2D eigenvalue weighted by atomic mass is 9.86. The average molecular weight is 288 g/mol. The van der Waals surface area contributed by atoms with E-state index in [4.69, 9.17) is 0 Å².